The Kier molecular flexibility index (Phi) is 3.36. The van der Waals surface area contributed by atoms with E-state index in [1.54, 1.807) is 17.7 Å². The van der Waals surface area contributed by atoms with E-state index < -0.39 is 5.41 Å². The fourth-order valence-corrected chi connectivity index (χ4v) is 2.12. The maximum Gasteiger partial charge on any atom is 0.227 e. The van der Waals surface area contributed by atoms with Crippen molar-refractivity contribution in [1.82, 2.24) is 19.9 Å². The number of nitrogen functional groups attached to an aromatic ring is 1. The largest absolute Gasteiger partial charge is 0.369 e. The number of anilines is 1. The Morgan fingerprint density at radius 3 is 2.89 bits per heavy atom. The molecule has 0 atom stereocenters. The normalized spacial score (nSPS) is 11.8. The van der Waals surface area contributed by atoms with Gasteiger partial charge in [-0.1, -0.05) is 11.6 Å². The van der Waals surface area contributed by atoms with Crippen molar-refractivity contribution >= 4 is 34.6 Å². The Hall–Kier alpha value is -1.82. The molecule has 2 heterocycles. The third kappa shape index (κ3) is 2.49. The summed E-state index contributed by atoms with van der Waals surface area (Å²) in [6, 6.07) is 1.70. The average molecular weight is 282 g/mol. The summed E-state index contributed by atoms with van der Waals surface area (Å²) >= 11 is 5.87. The van der Waals surface area contributed by atoms with Crippen LogP contribution in [0.1, 0.15) is 13.8 Å². The highest BCUT2D eigenvalue weighted by atomic mass is 35.5. The molecule has 0 spiro atoms. The van der Waals surface area contributed by atoms with Gasteiger partial charge in [0.15, 0.2) is 5.65 Å². The number of halogens is 1. The molecule has 0 unspecified atom stereocenters. The van der Waals surface area contributed by atoms with Crippen LogP contribution in [0.4, 0.5) is 5.95 Å². The summed E-state index contributed by atoms with van der Waals surface area (Å²) in [6.07, 6.45) is 1.54. The molecule has 0 aliphatic heterocycles. The van der Waals surface area contributed by atoms with Gasteiger partial charge in [0.1, 0.15) is 5.52 Å². The molecule has 2 rings (SSSR count). The van der Waals surface area contributed by atoms with Gasteiger partial charge in [0.2, 0.25) is 11.9 Å². The minimum Gasteiger partial charge on any atom is -0.369 e. The van der Waals surface area contributed by atoms with E-state index in [1.807, 2.05) is 13.8 Å². The minimum atomic E-state index is -0.613. The van der Waals surface area contributed by atoms with Crippen LogP contribution in [-0.4, -0.2) is 27.5 Å². The fourth-order valence-electron chi connectivity index (χ4n) is 1.97. The molecule has 1 amide bonds. The van der Waals surface area contributed by atoms with Crippen molar-refractivity contribution in [3.8, 4) is 0 Å². The van der Waals surface area contributed by atoms with Crippen LogP contribution < -0.4 is 11.1 Å². The lowest BCUT2D eigenvalue weighted by Crippen LogP contribution is -2.38. The van der Waals surface area contributed by atoms with Crippen LogP contribution in [0.3, 0.4) is 0 Å². The van der Waals surface area contributed by atoms with Gasteiger partial charge < -0.3 is 11.1 Å². The predicted molar refractivity (Wildman–Crippen MR) is 74.8 cm³/mol. The Balaban J connectivity index is 2.46. The summed E-state index contributed by atoms with van der Waals surface area (Å²) in [4.78, 5) is 20.3. The third-order valence-electron chi connectivity index (χ3n) is 2.98. The van der Waals surface area contributed by atoms with Crippen molar-refractivity contribution in [2.45, 2.75) is 20.4 Å². The second-order valence-corrected chi connectivity index (χ2v) is 5.45. The first kappa shape index (κ1) is 13.6. The number of imidazole rings is 1. The molecule has 0 saturated heterocycles. The monoisotopic (exact) mass is 281 g/mol. The van der Waals surface area contributed by atoms with E-state index in [2.05, 4.69) is 15.3 Å². The number of nitrogens with two attached hydrogens (primary N) is 1. The van der Waals surface area contributed by atoms with Crippen molar-refractivity contribution in [2.75, 3.05) is 12.8 Å². The molecule has 0 aliphatic carbocycles. The molecule has 0 radical (unpaired) electrons. The number of fused-ring (bicyclic) bond motifs is 1. The number of hydrogen-bond acceptors (Lipinski definition) is 4. The number of nitrogens with zero attached hydrogens (tertiary/aromatic N) is 3. The molecule has 0 aromatic carbocycles. The summed E-state index contributed by atoms with van der Waals surface area (Å²) in [6.45, 7) is 4.07. The molecule has 0 saturated carbocycles. The quantitative estimate of drug-likeness (QED) is 0.891. The summed E-state index contributed by atoms with van der Waals surface area (Å²) < 4.78 is 1.72. The number of carbonyl (C=O) groups is 1. The first-order chi connectivity index (χ1) is 8.85. The second-order valence-electron chi connectivity index (χ2n) is 5.02. The maximum absolute atomic E-state index is 11.8. The Morgan fingerprint density at radius 2 is 2.26 bits per heavy atom. The predicted octanol–water partition coefficient (Wildman–Crippen LogP) is 1.44. The van der Waals surface area contributed by atoms with Crippen molar-refractivity contribution in [3.63, 3.8) is 0 Å². The Labute approximate surface area is 116 Å². The van der Waals surface area contributed by atoms with Crippen molar-refractivity contribution in [1.29, 1.82) is 0 Å². The average Bonchev–Trinajstić information content (AvgIpc) is 2.63. The Morgan fingerprint density at radius 1 is 1.58 bits per heavy atom. The first-order valence-electron chi connectivity index (χ1n) is 5.84. The van der Waals surface area contributed by atoms with Gasteiger partial charge in [-0.2, -0.15) is 0 Å². The zero-order chi connectivity index (χ0) is 14.2. The Bertz CT molecular complexity index is 634. The summed E-state index contributed by atoms with van der Waals surface area (Å²) in [7, 11) is 1.61. The first-order valence-corrected chi connectivity index (χ1v) is 6.22. The molecule has 0 aliphatic rings. The van der Waals surface area contributed by atoms with Gasteiger partial charge in [-0.25, -0.2) is 9.97 Å². The molecule has 19 heavy (non-hydrogen) atoms. The molecule has 0 bridgehead atoms. The number of pyridine rings is 1. The summed E-state index contributed by atoms with van der Waals surface area (Å²) in [5.41, 5.74) is 6.52. The van der Waals surface area contributed by atoms with Gasteiger partial charge in [0, 0.05) is 19.8 Å². The molecule has 2 aromatic rings. The summed E-state index contributed by atoms with van der Waals surface area (Å²) in [5, 5.41) is 3.14. The van der Waals surface area contributed by atoms with Crippen LogP contribution >= 0.6 is 11.6 Å². The lowest BCUT2D eigenvalue weighted by atomic mass is 9.92. The summed E-state index contributed by atoms with van der Waals surface area (Å²) in [5.74, 6) is 0.254. The number of amides is 1. The second kappa shape index (κ2) is 4.70. The van der Waals surface area contributed by atoms with E-state index in [-0.39, 0.29) is 5.91 Å². The van der Waals surface area contributed by atoms with Gasteiger partial charge >= 0.3 is 0 Å². The van der Waals surface area contributed by atoms with Gasteiger partial charge in [-0.3, -0.25) is 9.36 Å². The molecule has 3 N–H and O–H groups in total. The van der Waals surface area contributed by atoms with E-state index in [0.717, 1.165) is 0 Å². The third-order valence-corrected chi connectivity index (χ3v) is 3.18. The molecule has 7 heteroatoms. The maximum atomic E-state index is 11.8. The molecular formula is C12H16ClN5O. The van der Waals surface area contributed by atoms with Crippen LogP contribution in [0, 0.1) is 5.41 Å². The van der Waals surface area contributed by atoms with Crippen LogP contribution in [0.25, 0.3) is 11.2 Å². The van der Waals surface area contributed by atoms with E-state index in [9.17, 15) is 4.79 Å². The van der Waals surface area contributed by atoms with Crippen LogP contribution in [0.15, 0.2) is 12.3 Å². The lowest BCUT2D eigenvalue weighted by molar-refractivity contribution is -0.129. The number of aromatic nitrogens is 3. The SMILES string of the molecule is CNC(=O)C(C)(C)Cn1c(N)nc2cc(Cl)cnc21. The van der Waals surface area contributed by atoms with Crippen molar-refractivity contribution in [3.05, 3.63) is 17.3 Å². The van der Waals surface area contributed by atoms with Gasteiger partial charge in [-0.05, 0) is 19.9 Å². The van der Waals surface area contributed by atoms with Gasteiger partial charge in [-0.15, -0.1) is 0 Å². The van der Waals surface area contributed by atoms with E-state index in [0.29, 0.717) is 28.7 Å². The molecule has 102 valence electrons. The molecular weight excluding hydrogens is 266 g/mol. The van der Waals surface area contributed by atoms with Crippen LogP contribution in [-0.2, 0) is 11.3 Å². The van der Waals surface area contributed by atoms with Crippen molar-refractivity contribution < 1.29 is 4.79 Å². The highest BCUT2D eigenvalue weighted by Gasteiger charge is 2.29. The lowest BCUT2D eigenvalue weighted by Gasteiger charge is -2.23. The molecule has 0 fully saturated rings. The van der Waals surface area contributed by atoms with Crippen LogP contribution in [0.5, 0.6) is 0 Å². The molecule has 6 nitrogen and oxygen atoms in total. The van der Waals surface area contributed by atoms with Crippen LogP contribution in [0.2, 0.25) is 5.02 Å². The smallest absolute Gasteiger partial charge is 0.227 e. The molecule has 2 aromatic heterocycles. The number of rotatable bonds is 3. The minimum absolute atomic E-state index is 0.0669. The van der Waals surface area contributed by atoms with E-state index >= 15 is 0 Å². The zero-order valence-electron chi connectivity index (χ0n) is 11.1. The van der Waals surface area contributed by atoms with E-state index in [4.69, 9.17) is 17.3 Å². The van der Waals surface area contributed by atoms with Gasteiger partial charge in [0.05, 0.1) is 10.4 Å². The number of nitrogens with one attached hydrogen (secondary N) is 1. The topological polar surface area (TPSA) is 85.8 Å². The zero-order valence-corrected chi connectivity index (χ0v) is 11.8. The number of carbonyl (C=O) groups excluding carboxylic acids is 1. The highest BCUT2D eigenvalue weighted by Crippen LogP contribution is 2.25. The fraction of sp³-hybridized carbons (Fsp3) is 0.417. The van der Waals surface area contributed by atoms with Crippen molar-refractivity contribution in [2.24, 2.45) is 5.41 Å². The highest BCUT2D eigenvalue weighted by molar-refractivity contribution is 6.31. The standard InChI is InChI=1S/C12H16ClN5O/c1-12(2,10(19)15-3)6-18-9-8(17-11(18)14)4-7(13)5-16-9/h4-5H,6H2,1-3H3,(H2,14,17)(H,15,19). The van der Waals surface area contributed by atoms with E-state index in [1.165, 1.54) is 6.20 Å². The number of hydrogen-bond donors (Lipinski definition) is 2. The van der Waals surface area contributed by atoms with Gasteiger partial charge in [0.25, 0.3) is 0 Å².